The van der Waals surface area contributed by atoms with Crippen LogP contribution in [0.4, 0.5) is 0 Å². The molecule has 82 valence electrons. The standard InChI is InChI=1S/C11H21NOS/c1-9(8-14-3)6-12-5-4-11(13)10(2)7-12/h9-10H,4-8H2,1-3H3. The first-order valence-corrected chi connectivity index (χ1v) is 6.77. The van der Waals surface area contributed by atoms with E-state index in [1.54, 1.807) is 0 Å². The van der Waals surface area contributed by atoms with Crippen molar-refractivity contribution in [2.24, 2.45) is 11.8 Å². The number of ketones is 1. The number of hydrogen-bond acceptors (Lipinski definition) is 3. The summed E-state index contributed by atoms with van der Waals surface area (Å²) in [5.41, 5.74) is 0. The van der Waals surface area contributed by atoms with Crippen LogP contribution in [0.1, 0.15) is 20.3 Å². The van der Waals surface area contributed by atoms with Crippen molar-refractivity contribution in [1.82, 2.24) is 4.90 Å². The molecule has 0 amide bonds. The zero-order valence-electron chi connectivity index (χ0n) is 9.45. The van der Waals surface area contributed by atoms with Gasteiger partial charge in [0.05, 0.1) is 0 Å². The SMILES string of the molecule is CSCC(C)CN1CCC(=O)C(C)C1. The highest BCUT2D eigenvalue weighted by molar-refractivity contribution is 7.98. The van der Waals surface area contributed by atoms with E-state index < -0.39 is 0 Å². The lowest BCUT2D eigenvalue weighted by Gasteiger charge is -2.31. The van der Waals surface area contributed by atoms with Gasteiger partial charge in [-0.3, -0.25) is 4.79 Å². The number of likely N-dealkylation sites (tertiary alicyclic amines) is 1. The molecule has 0 aliphatic carbocycles. The van der Waals surface area contributed by atoms with E-state index in [0.717, 1.165) is 32.0 Å². The number of rotatable bonds is 4. The lowest BCUT2D eigenvalue weighted by Crippen LogP contribution is -2.41. The van der Waals surface area contributed by atoms with Gasteiger partial charge in [-0.25, -0.2) is 0 Å². The molecule has 0 aromatic heterocycles. The van der Waals surface area contributed by atoms with Crippen LogP contribution in [0, 0.1) is 11.8 Å². The van der Waals surface area contributed by atoms with E-state index in [4.69, 9.17) is 0 Å². The maximum absolute atomic E-state index is 11.3. The average Bonchev–Trinajstić information content (AvgIpc) is 2.12. The summed E-state index contributed by atoms with van der Waals surface area (Å²) >= 11 is 1.91. The van der Waals surface area contributed by atoms with E-state index in [0.29, 0.717) is 5.78 Å². The fourth-order valence-electron chi connectivity index (χ4n) is 2.04. The second-order valence-corrected chi connectivity index (χ2v) is 5.35. The summed E-state index contributed by atoms with van der Waals surface area (Å²) in [4.78, 5) is 13.8. The van der Waals surface area contributed by atoms with Gasteiger partial charge in [0.15, 0.2) is 0 Å². The van der Waals surface area contributed by atoms with Crippen molar-refractivity contribution in [3.8, 4) is 0 Å². The Morgan fingerprint density at radius 2 is 2.36 bits per heavy atom. The quantitative estimate of drug-likeness (QED) is 0.714. The van der Waals surface area contributed by atoms with E-state index in [9.17, 15) is 4.79 Å². The van der Waals surface area contributed by atoms with Crippen LogP contribution in [0.3, 0.4) is 0 Å². The van der Waals surface area contributed by atoms with Crippen molar-refractivity contribution >= 4 is 17.5 Å². The molecule has 0 saturated carbocycles. The zero-order chi connectivity index (χ0) is 10.6. The van der Waals surface area contributed by atoms with Crippen molar-refractivity contribution in [2.75, 3.05) is 31.6 Å². The molecule has 0 spiro atoms. The van der Waals surface area contributed by atoms with Crippen molar-refractivity contribution in [1.29, 1.82) is 0 Å². The molecule has 1 aliphatic heterocycles. The Morgan fingerprint density at radius 1 is 1.64 bits per heavy atom. The number of Topliss-reactive ketones (excluding diaryl/α,β-unsaturated/α-hetero) is 1. The monoisotopic (exact) mass is 215 g/mol. The van der Waals surface area contributed by atoms with Gasteiger partial charge in [0, 0.05) is 32.0 Å². The maximum Gasteiger partial charge on any atom is 0.138 e. The van der Waals surface area contributed by atoms with Crippen LogP contribution in [0.15, 0.2) is 0 Å². The Kier molecular flexibility index (Phi) is 4.96. The second-order valence-electron chi connectivity index (χ2n) is 4.44. The van der Waals surface area contributed by atoms with Gasteiger partial charge in [-0.05, 0) is 17.9 Å². The van der Waals surface area contributed by atoms with Gasteiger partial charge in [0.2, 0.25) is 0 Å². The summed E-state index contributed by atoms with van der Waals surface area (Å²) < 4.78 is 0. The molecule has 1 saturated heterocycles. The number of nitrogens with zero attached hydrogens (tertiary/aromatic N) is 1. The van der Waals surface area contributed by atoms with E-state index >= 15 is 0 Å². The van der Waals surface area contributed by atoms with Gasteiger partial charge < -0.3 is 4.90 Å². The second kappa shape index (κ2) is 5.76. The summed E-state index contributed by atoms with van der Waals surface area (Å²) in [7, 11) is 0. The highest BCUT2D eigenvalue weighted by Gasteiger charge is 2.23. The first kappa shape index (κ1) is 12.1. The minimum absolute atomic E-state index is 0.255. The first-order valence-electron chi connectivity index (χ1n) is 5.37. The minimum atomic E-state index is 0.255. The summed E-state index contributed by atoms with van der Waals surface area (Å²) in [6.07, 6.45) is 2.91. The Balaban J connectivity index is 2.29. The van der Waals surface area contributed by atoms with Crippen LogP contribution in [-0.4, -0.2) is 42.3 Å². The van der Waals surface area contributed by atoms with Gasteiger partial charge in [-0.15, -0.1) is 0 Å². The fourth-order valence-corrected chi connectivity index (χ4v) is 2.71. The molecular weight excluding hydrogens is 194 g/mol. The molecule has 2 atom stereocenters. The fraction of sp³-hybridized carbons (Fsp3) is 0.909. The number of piperidine rings is 1. The van der Waals surface area contributed by atoms with Gasteiger partial charge >= 0.3 is 0 Å². The molecule has 0 radical (unpaired) electrons. The largest absolute Gasteiger partial charge is 0.302 e. The summed E-state index contributed by atoms with van der Waals surface area (Å²) in [5, 5.41) is 0. The van der Waals surface area contributed by atoms with E-state index in [2.05, 4.69) is 18.1 Å². The molecule has 1 aliphatic rings. The third-order valence-corrected chi connectivity index (χ3v) is 3.68. The van der Waals surface area contributed by atoms with Crippen molar-refractivity contribution in [2.45, 2.75) is 20.3 Å². The molecule has 1 rings (SSSR count). The molecule has 0 aromatic carbocycles. The van der Waals surface area contributed by atoms with Crippen LogP contribution >= 0.6 is 11.8 Å². The number of carbonyl (C=O) groups excluding carboxylic acids is 1. The highest BCUT2D eigenvalue weighted by Crippen LogP contribution is 2.15. The molecule has 2 nitrogen and oxygen atoms in total. The van der Waals surface area contributed by atoms with E-state index in [-0.39, 0.29) is 5.92 Å². The Bertz CT molecular complexity index is 196. The zero-order valence-corrected chi connectivity index (χ0v) is 10.3. The molecular formula is C11H21NOS. The summed E-state index contributed by atoms with van der Waals surface area (Å²) in [6.45, 7) is 7.43. The van der Waals surface area contributed by atoms with Crippen molar-refractivity contribution < 1.29 is 4.79 Å². The third kappa shape index (κ3) is 3.62. The minimum Gasteiger partial charge on any atom is -0.302 e. The van der Waals surface area contributed by atoms with Gasteiger partial charge in [0.25, 0.3) is 0 Å². The van der Waals surface area contributed by atoms with Crippen molar-refractivity contribution in [3.63, 3.8) is 0 Å². The van der Waals surface area contributed by atoms with Crippen LogP contribution in [0.2, 0.25) is 0 Å². The average molecular weight is 215 g/mol. The molecule has 0 N–H and O–H groups in total. The summed E-state index contributed by atoms with van der Waals surface area (Å²) in [6, 6.07) is 0. The van der Waals surface area contributed by atoms with Crippen LogP contribution in [0.25, 0.3) is 0 Å². The lowest BCUT2D eigenvalue weighted by atomic mass is 9.98. The van der Waals surface area contributed by atoms with E-state index in [1.807, 2.05) is 18.7 Å². The van der Waals surface area contributed by atoms with Crippen molar-refractivity contribution in [3.05, 3.63) is 0 Å². The third-order valence-electron chi connectivity index (χ3n) is 2.78. The molecule has 0 bridgehead atoms. The normalized spacial score (nSPS) is 26.5. The molecule has 2 unspecified atom stereocenters. The predicted octanol–water partition coefficient (Wildman–Crippen LogP) is 1.90. The highest BCUT2D eigenvalue weighted by atomic mass is 32.2. The first-order chi connectivity index (χ1) is 6.63. The molecule has 1 fully saturated rings. The Hall–Kier alpha value is -0.0200. The molecule has 14 heavy (non-hydrogen) atoms. The van der Waals surface area contributed by atoms with Gasteiger partial charge in [0.1, 0.15) is 5.78 Å². The smallest absolute Gasteiger partial charge is 0.138 e. The Labute approximate surface area is 91.4 Å². The van der Waals surface area contributed by atoms with Crippen LogP contribution < -0.4 is 0 Å². The molecule has 1 heterocycles. The van der Waals surface area contributed by atoms with Crippen LogP contribution in [-0.2, 0) is 4.79 Å². The maximum atomic E-state index is 11.3. The number of carbonyl (C=O) groups is 1. The van der Waals surface area contributed by atoms with E-state index in [1.165, 1.54) is 5.75 Å². The molecule has 3 heteroatoms. The topological polar surface area (TPSA) is 20.3 Å². The van der Waals surface area contributed by atoms with Gasteiger partial charge in [-0.2, -0.15) is 11.8 Å². The summed E-state index contributed by atoms with van der Waals surface area (Å²) in [5.74, 6) is 2.66. The number of hydrogen-bond donors (Lipinski definition) is 0. The lowest BCUT2D eigenvalue weighted by molar-refractivity contribution is -0.125. The Morgan fingerprint density at radius 3 is 2.93 bits per heavy atom. The number of thioether (sulfide) groups is 1. The molecule has 0 aromatic rings. The van der Waals surface area contributed by atoms with Crippen LogP contribution in [0.5, 0.6) is 0 Å². The van der Waals surface area contributed by atoms with Gasteiger partial charge in [-0.1, -0.05) is 13.8 Å². The predicted molar refractivity (Wildman–Crippen MR) is 62.8 cm³/mol.